The van der Waals surface area contributed by atoms with Gasteiger partial charge >= 0.3 is 0 Å². The smallest absolute Gasteiger partial charge is 0.0971 e. The van der Waals surface area contributed by atoms with Crippen molar-refractivity contribution >= 4 is 0 Å². The van der Waals surface area contributed by atoms with Crippen LogP contribution in [0.3, 0.4) is 0 Å². The van der Waals surface area contributed by atoms with Gasteiger partial charge < -0.3 is 4.74 Å². The maximum absolute atomic E-state index is 5.72. The standard InChI is InChI=1S/C13H19NO.C9H12.3CH4.Y/c1-10(2)14-9-15-13-8-12(13)11-6-4-3-5-7-11;1-8(2)9-6-4-3-5-7-9;;;;/h3-7,10,12-14H,8-9H2,1-2H3;3-8H,1-2H3;3*1H4;. The zero-order valence-corrected chi connectivity index (χ0v) is 18.8. The van der Waals surface area contributed by atoms with Crippen LogP contribution >= 0.6 is 0 Å². The molecular formula is C25H43NOY. The molecule has 0 bridgehead atoms. The first kappa shape index (κ1) is 32.1. The third-order valence-electron chi connectivity index (χ3n) is 4.21. The summed E-state index contributed by atoms with van der Waals surface area (Å²) in [5.74, 6) is 1.28. The van der Waals surface area contributed by atoms with Gasteiger partial charge in [-0.2, -0.15) is 0 Å². The molecule has 2 aromatic rings. The first-order valence-corrected chi connectivity index (χ1v) is 9.02. The van der Waals surface area contributed by atoms with Crippen molar-refractivity contribution in [3.05, 3.63) is 71.8 Å². The minimum atomic E-state index is 0. The minimum absolute atomic E-state index is 0. The number of hydrogen-bond donors (Lipinski definition) is 1. The van der Waals surface area contributed by atoms with Gasteiger partial charge in [0.05, 0.1) is 12.8 Å². The largest absolute Gasteiger partial charge is 0.362 e. The second kappa shape index (κ2) is 17.3. The molecule has 1 radical (unpaired) electrons. The first-order chi connectivity index (χ1) is 11.6. The zero-order chi connectivity index (χ0) is 17.4. The summed E-state index contributed by atoms with van der Waals surface area (Å²) in [6, 6.07) is 21.6. The molecular weight excluding hydrogens is 419 g/mol. The molecule has 1 N–H and O–H groups in total. The molecule has 0 aliphatic heterocycles. The Morgan fingerprint density at radius 1 is 0.857 bits per heavy atom. The van der Waals surface area contributed by atoms with Gasteiger partial charge in [0.25, 0.3) is 0 Å². The van der Waals surface area contributed by atoms with Crippen molar-refractivity contribution in [1.29, 1.82) is 0 Å². The maximum atomic E-state index is 5.72. The van der Waals surface area contributed by atoms with Gasteiger partial charge in [0.15, 0.2) is 0 Å². The topological polar surface area (TPSA) is 21.3 Å². The van der Waals surface area contributed by atoms with Crippen molar-refractivity contribution in [1.82, 2.24) is 5.32 Å². The van der Waals surface area contributed by atoms with Gasteiger partial charge in [-0.1, -0.05) is 96.8 Å². The Bertz CT molecular complexity index is 572. The van der Waals surface area contributed by atoms with Gasteiger partial charge in [-0.25, -0.2) is 0 Å². The quantitative estimate of drug-likeness (QED) is 0.457. The molecule has 3 rings (SSSR count). The monoisotopic (exact) mass is 462 g/mol. The van der Waals surface area contributed by atoms with Gasteiger partial charge in [0.1, 0.15) is 0 Å². The summed E-state index contributed by atoms with van der Waals surface area (Å²) in [5, 5.41) is 3.27. The molecule has 2 atom stereocenters. The molecule has 0 spiro atoms. The van der Waals surface area contributed by atoms with E-state index in [1.807, 2.05) is 6.07 Å². The zero-order valence-electron chi connectivity index (χ0n) is 16.0. The molecule has 1 saturated carbocycles. The van der Waals surface area contributed by atoms with Crippen LogP contribution in [0.2, 0.25) is 0 Å². The van der Waals surface area contributed by atoms with Gasteiger partial charge in [-0.05, 0) is 37.3 Å². The van der Waals surface area contributed by atoms with Crippen molar-refractivity contribution < 1.29 is 37.4 Å². The van der Waals surface area contributed by atoms with E-state index in [1.54, 1.807) is 0 Å². The fraction of sp³-hybridized carbons (Fsp3) is 0.520. The predicted octanol–water partition coefficient (Wildman–Crippen LogP) is 7.23. The van der Waals surface area contributed by atoms with E-state index >= 15 is 0 Å². The van der Waals surface area contributed by atoms with Crippen molar-refractivity contribution in [2.45, 2.75) is 80.4 Å². The van der Waals surface area contributed by atoms with E-state index in [1.165, 1.54) is 17.5 Å². The third kappa shape index (κ3) is 12.1. The minimum Gasteiger partial charge on any atom is -0.362 e. The van der Waals surface area contributed by atoms with E-state index in [4.69, 9.17) is 4.74 Å². The van der Waals surface area contributed by atoms with Crippen LogP contribution in [0.1, 0.15) is 79.4 Å². The second-order valence-electron chi connectivity index (χ2n) is 7.03. The summed E-state index contributed by atoms with van der Waals surface area (Å²) in [6.45, 7) is 9.34. The van der Waals surface area contributed by atoms with Gasteiger partial charge in [-0.3, -0.25) is 5.32 Å². The molecule has 3 heteroatoms. The molecule has 0 saturated heterocycles. The summed E-state index contributed by atoms with van der Waals surface area (Å²) in [6.07, 6.45) is 1.60. The Balaban J connectivity index is -0.000000426. The van der Waals surface area contributed by atoms with Crippen LogP contribution in [0, 0.1) is 0 Å². The van der Waals surface area contributed by atoms with E-state index in [0.29, 0.717) is 30.7 Å². The van der Waals surface area contributed by atoms with E-state index in [2.05, 4.69) is 87.6 Å². The van der Waals surface area contributed by atoms with E-state index in [-0.39, 0.29) is 55.0 Å². The van der Waals surface area contributed by atoms with Crippen molar-refractivity contribution in [2.24, 2.45) is 0 Å². The molecule has 0 heterocycles. The van der Waals surface area contributed by atoms with Crippen LogP contribution in [0.4, 0.5) is 0 Å². The Hall–Kier alpha value is -0.536. The fourth-order valence-corrected chi connectivity index (χ4v) is 2.57. The van der Waals surface area contributed by atoms with Crippen molar-refractivity contribution in [3.63, 3.8) is 0 Å². The van der Waals surface area contributed by atoms with E-state index in [0.717, 1.165) is 0 Å². The summed E-state index contributed by atoms with van der Waals surface area (Å²) in [7, 11) is 0. The Labute approximate surface area is 200 Å². The molecule has 28 heavy (non-hydrogen) atoms. The molecule has 1 aliphatic rings. The van der Waals surface area contributed by atoms with Crippen LogP contribution in [-0.2, 0) is 37.4 Å². The number of ether oxygens (including phenoxy) is 1. The molecule has 0 amide bonds. The van der Waals surface area contributed by atoms with Gasteiger partial charge in [0.2, 0.25) is 0 Å². The number of benzene rings is 2. The average Bonchev–Trinajstić information content (AvgIpc) is 3.36. The predicted molar refractivity (Wildman–Crippen MR) is 123 cm³/mol. The van der Waals surface area contributed by atoms with Gasteiger partial charge in [0, 0.05) is 44.7 Å². The number of rotatable bonds is 6. The second-order valence-corrected chi connectivity index (χ2v) is 7.03. The van der Waals surface area contributed by atoms with E-state index in [9.17, 15) is 0 Å². The van der Waals surface area contributed by atoms with Crippen molar-refractivity contribution in [2.75, 3.05) is 6.73 Å². The summed E-state index contributed by atoms with van der Waals surface area (Å²) >= 11 is 0. The van der Waals surface area contributed by atoms with Crippen LogP contribution in [-0.4, -0.2) is 18.9 Å². The molecule has 2 aromatic carbocycles. The van der Waals surface area contributed by atoms with Crippen LogP contribution in [0.25, 0.3) is 0 Å². The number of nitrogens with one attached hydrogen (secondary N) is 1. The van der Waals surface area contributed by atoms with Crippen LogP contribution in [0.15, 0.2) is 60.7 Å². The van der Waals surface area contributed by atoms with Crippen LogP contribution < -0.4 is 5.32 Å². The molecule has 1 fully saturated rings. The van der Waals surface area contributed by atoms with Crippen molar-refractivity contribution in [3.8, 4) is 0 Å². The average molecular weight is 463 g/mol. The summed E-state index contributed by atoms with van der Waals surface area (Å²) < 4.78 is 5.72. The molecule has 0 aromatic heterocycles. The Morgan fingerprint density at radius 3 is 1.79 bits per heavy atom. The van der Waals surface area contributed by atoms with E-state index < -0.39 is 0 Å². The summed E-state index contributed by atoms with van der Waals surface area (Å²) in [4.78, 5) is 0. The molecule has 2 nitrogen and oxygen atoms in total. The summed E-state index contributed by atoms with van der Waals surface area (Å²) in [5.41, 5.74) is 2.82. The molecule has 157 valence electrons. The fourth-order valence-electron chi connectivity index (χ4n) is 2.57. The first-order valence-electron chi connectivity index (χ1n) is 9.02. The maximum Gasteiger partial charge on any atom is 0.0971 e. The van der Waals surface area contributed by atoms with Gasteiger partial charge in [-0.15, -0.1) is 0 Å². The molecule has 1 aliphatic carbocycles. The Morgan fingerprint density at radius 2 is 1.36 bits per heavy atom. The third-order valence-corrected chi connectivity index (χ3v) is 4.21. The number of hydrogen-bond acceptors (Lipinski definition) is 2. The van der Waals surface area contributed by atoms with Crippen LogP contribution in [0.5, 0.6) is 0 Å². The molecule has 2 unspecified atom stereocenters. The Kier molecular flexibility index (Phi) is 19.9. The normalized spacial score (nSPS) is 16.4. The SMILES string of the molecule is C.C.C.CC(C)NCOC1CC1c1ccccc1.CC(C)c1ccccc1.[Y].